The summed E-state index contributed by atoms with van der Waals surface area (Å²) in [5.41, 5.74) is 3.48. The average Bonchev–Trinajstić information content (AvgIpc) is 3.19. The van der Waals surface area contributed by atoms with Gasteiger partial charge in [-0.2, -0.15) is 0 Å². The Labute approximate surface area is 181 Å². The zero-order valence-electron chi connectivity index (χ0n) is 17.5. The Hall–Kier alpha value is -2.34. The number of thiophene rings is 1. The van der Waals surface area contributed by atoms with Crippen molar-refractivity contribution in [1.29, 1.82) is 0 Å². The fourth-order valence-electron chi connectivity index (χ4n) is 3.00. The van der Waals surface area contributed by atoms with Crippen LogP contribution in [0.2, 0.25) is 0 Å². The van der Waals surface area contributed by atoms with Crippen molar-refractivity contribution in [2.45, 2.75) is 45.6 Å². The highest BCUT2D eigenvalue weighted by Gasteiger charge is 2.12. The molecular formula is C25H29FO3S. The molecule has 0 saturated heterocycles. The van der Waals surface area contributed by atoms with Crippen LogP contribution in [-0.4, -0.2) is 28.7 Å². The van der Waals surface area contributed by atoms with Gasteiger partial charge in [0, 0.05) is 28.2 Å². The number of ketones is 1. The first kappa shape index (κ1) is 23.9. The highest BCUT2D eigenvalue weighted by atomic mass is 32.1. The van der Waals surface area contributed by atoms with E-state index in [1.807, 2.05) is 32.1 Å². The lowest BCUT2D eigenvalue weighted by Crippen LogP contribution is -2.12. The van der Waals surface area contributed by atoms with Crippen LogP contribution >= 0.6 is 11.3 Å². The molecule has 0 aliphatic heterocycles. The highest BCUT2D eigenvalue weighted by molar-refractivity contribution is 7.15. The van der Waals surface area contributed by atoms with Gasteiger partial charge in [-0.05, 0) is 68.2 Å². The Bertz CT molecular complexity index is 922. The molecule has 0 saturated carbocycles. The van der Waals surface area contributed by atoms with Gasteiger partial charge in [-0.3, -0.25) is 4.79 Å². The number of aliphatic hydroxyl groups excluding tert-OH is 2. The summed E-state index contributed by atoms with van der Waals surface area (Å²) in [6.45, 7) is 7.54. The summed E-state index contributed by atoms with van der Waals surface area (Å²) in [6.07, 6.45) is 4.83. The number of hydrogen-bond acceptors (Lipinski definition) is 4. The number of aliphatic hydroxyl groups is 2. The second kappa shape index (κ2) is 11.7. The molecule has 5 heteroatoms. The maximum absolute atomic E-state index is 13.2. The Morgan fingerprint density at radius 2 is 1.93 bits per heavy atom. The minimum atomic E-state index is -0.775. The van der Waals surface area contributed by atoms with Gasteiger partial charge in [0.05, 0.1) is 12.7 Å². The molecule has 1 atom stereocenters. The number of benzene rings is 1. The average molecular weight is 429 g/mol. The van der Waals surface area contributed by atoms with Crippen molar-refractivity contribution >= 4 is 17.1 Å². The van der Waals surface area contributed by atoms with E-state index in [0.717, 1.165) is 26.5 Å². The summed E-state index contributed by atoms with van der Waals surface area (Å²) in [6, 6.07) is 10.5. The summed E-state index contributed by atoms with van der Waals surface area (Å²) in [7, 11) is 0. The molecule has 160 valence electrons. The molecule has 30 heavy (non-hydrogen) atoms. The van der Waals surface area contributed by atoms with Crippen LogP contribution in [0.25, 0.3) is 10.4 Å². The molecule has 1 heterocycles. The topological polar surface area (TPSA) is 57.5 Å². The number of halogens is 1. The molecule has 3 nitrogen and oxygen atoms in total. The number of allylic oxidation sites excluding steroid dienone is 5. The van der Waals surface area contributed by atoms with Crippen molar-refractivity contribution in [3.05, 3.63) is 82.5 Å². The second-order valence-corrected chi connectivity index (χ2v) is 8.46. The Balaban J connectivity index is 2.10. The van der Waals surface area contributed by atoms with E-state index in [2.05, 4.69) is 6.58 Å². The van der Waals surface area contributed by atoms with Gasteiger partial charge in [0.1, 0.15) is 5.82 Å². The molecule has 1 aromatic heterocycles. The van der Waals surface area contributed by atoms with Gasteiger partial charge in [-0.1, -0.05) is 30.4 Å². The fourth-order valence-corrected chi connectivity index (χ4v) is 4.04. The summed E-state index contributed by atoms with van der Waals surface area (Å²) in [5, 5.41) is 18.3. The number of carbonyl (C=O) groups excluding carboxylic acids is 1. The number of Topliss-reactive ketones (excluding diaryl/α,β-unsaturated/α-hetero) is 1. The Morgan fingerprint density at radius 3 is 2.53 bits per heavy atom. The molecule has 1 aromatic carbocycles. The molecule has 0 spiro atoms. The van der Waals surface area contributed by atoms with E-state index in [9.17, 15) is 14.3 Å². The van der Waals surface area contributed by atoms with Gasteiger partial charge < -0.3 is 10.2 Å². The van der Waals surface area contributed by atoms with Gasteiger partial charge in [-0.25, -0.2) is 4.39 Å². The zero-order valence-corrected chi connectivity index (χ0v) is 18.3. The second-order valence-electron chi connectivity index (χ2n) is 7.30. The number of rotatable bonds is 11. The van der Waals surface area contributed by atoms with Crippen molar-refractivity contribution in [1.82, 2.24) is 0 Å². The van der Waals surface area contributed by atoms with E-state index in [1.54, 1.807) is 29.5 Å². The van der Waals surface area contributed by atoms with Crippen LogP contribution in [0, 0.1) is 5.82 Å². The molecule has 0 radical (unpaired) electrons. The van der Waals surface area contributed by atoms with Crippen LogP contribution in [-0.2, 0) is 11.2 Å². The van der Waals surface area contributed by atoms with Crippen LogP contribution in [0.3, 0.4) is 0 Å². The van der Waals surface area contributed by atoms with Gasteiger partial charge >= 0.3 is 0 Å². The first-order valence-corrected chi connectivity index (χ1v) is 10.8. The lowest BCUT2D eigenvalue weighted by molar-refractivity contribution is -0.115. The van der Waals surface area contributed by atoms with E-state index in [4.69, 9.17) is 5.11 Å². The summed E-state index contributed by atoms with van der Waals surface area (Å²) in [4.78, 5) is 14.8. The largest absolute Gasteiger partial charge is 0.394 e. The van der Waals surface area contributed by atoms with Gasteiger partial charge in [0.2, 0.25) is 0 Å². The summed E-state index contributed by atoms with van der Waals surface area (Å²) in [5.74, 6) is -0.239. The normalized spacial score (nSPS) is 13.4. The minimum absolute atomic E-state index is 0.0135. The smallest absolute Gasteiger partial charge is 0.162 e. The summed E-state index contributed by atoms with van der Waals surface area (Å²) < 4.78 is 13.2. The van der Waals surface area contributed by atoms with Crippen LogP contribution in [0.5, 0.6) is 0 Å². The zero-order chi connectivity index (χ0) is 22.1. The van der Waals surface area contributed by atoms with Gasteiger partial charge in [0.25, 0.3) is 0 Å². The minimum Gasteiger partial charge on any atom is -0.394 e. The third kappa shape index (κ3) is 7.17. The molecule has 1 unspecified atom stereocenters. The molecule has 0 aliphatic rings. The van der Waals surface area contributed by atoms with E-state index in [0.29, 0.717) is 31.3 Å². The van der Waals surface area contributed by atoms with Crippen LogP contribution in [0.1, 0.15) is 38.0 Å². The first-order chi connectivity index (χ1) is 14.3. The Kier molecular flexibility index (Phi) is 9.37. The fraction of sp³-hybridized carbons (Fsp3) is 0.320. The van der Waals surface area contributed by atoms with E-state index < -0.39 is 6.10 Å². The van der Waals surface area contributed by atoms with Crippen molar-refractivity contribution in [3.8, 4) is 10.4 Å². The first-order valence-electron chi connectivity index (χ1n) is 10.0. The highest BCUT2D eigenvalue weighted by Crippen LogP contribution is 2.31. The third-order valence-electron chi connectivity index (χ3n) is 4.82. The lowest BCUT2D eigenvalue weighted by Gasteiger charge is -2.09. The quantitative estimate of drug-likeness (QED) is 0.360. The third-order valence-corrected chi connectivity index (χ3v) is 5.95. The van der Waals surface area contributed by atoms with E-state index >= 15 is 0 Å². The molecule has 0 amide bonds. The molecule has 2 N–H and O–H groups in total. The molecule has 2 aromatic rings. The van der Waals surface area contributed by atoms with Crippen molar-refractivity contribution in [2.75, 3.05) is 6.61 Å². The molecule has 2 rings (SSSR count). The maximum Gasteiger partial charge on any atom is 0.162 e. The van der Waals surface area contributed by atoms with Crippen molar-refractivity contribution < 1.29 is 19.4 Å². The van der Waals surface area contributed by atoms with E-state index in [1.165, 1.54) is 12.1 Å². The maximum atomic E-state index is 13.2. The van der Waals surface area contributed by atoms with Gasteiger partial charge in [0.15, 0.2) is 5.78 Å². The molecule has 0 bridgehead atoms. The van der Waals surface area contributed by atoms with Crippen molar-refractivity contribution in [2.24, 2.45) is 0 Å². The molecule has 0 aliphatic carbocycles. The lowest BCUT2D eigenvalue weighted by atomic mass is 9.97. The molecule has 0 fully saturated rings. The Morgan fingerprint density at radius 1 is 1.23 bits per heavy atom. The monoisotopic (exact) mass is 428 g/mol. The number of carbonyl (C=O) groups is 1. The van der Waals surface area contributed by atoms with Crippen molar-refractivity contribution in [3.63, 3.8) is 0 Å². The van der Waals surface area contributed by atoms with E-state index in [-0.39, 0.29) is 18.2 Å². The standard InChI is InChI=1S/C25H29FO3S/c1-4-18(24(29)7-5-6-22(28)16-27)14-20(17(2)3)15-23-12-13-25(30-23)19-8-10-21(26)11-9-19/h4,8-14,22,27-28H,2,5-7,15-16H2,1,3H3/b18-4?,20-14-. The predicted octanol–water partition coefficient (Wildman–Crippen LogP) is 5.64. The SMILES string of the molecule is C=C(C)/C(=C\C(=CC)C(=O)CCCC(O)CO)Cc1ccc(-c2ccc(F)cc2)s1. The molecular weight excluding hydrogens is 399 g/mol. The van der Waals surface area contributed by atoms with Crippen LogP contribution < -0.4 is 0 Å². The number of hydrogen-bond donors (Lipinski definition) is 2. The van der Waals surface area contributed by atoms with Crippen LogP contribution in [0.4, 0.5) is 4.39 Å². The predicted molar refractivity (Wildman–Crippen MR) is 122 cm³/mol. The van der Waals surface area contributed by atoms with Gasteiger partial charge in [-0.15, -0.1) is 11.3 Å². The summed E-state index contributed by atoms with van der Waals surface area (Å²) >= 11 is 1.64. The van der Waals surface area contributed by atoms with Crippen LogP contribution in [0.15, 0.2) is 71.8 Å².